The van der Waals surface area contributed by atoms with Crippen molar-refractivity contribution in [2.24, 2.45) is 0 Å². The third-order valence-electron chi connectivity index (χ3n) is 2.73. The number of hydrogen-bond donors (Lipinski definition) is 1. The van der Waals surface area contributed by atoms with Crippen LogP contribution >= 0.6 is 0 Å². The van der Waals surface area contributed by atoms with Gasteiger partial charge in [0.25, 0.3) is 0 Å². The van der Waals surface area contributed by atoms with E-state index in [0.717, 1.165) is 19.5 Å². The van der Waals surface area contributed by atoms with E-state index in [0.29, 0.717) is 6.04 Å². The summed E-state index contributed by atoms with van der Waals surface area (Å²) in [4.78, 5) is 13.6. The van der Waals surface area contributed by atoms with Gasteiger partial charge in [0.1, 0.15) is 0 Å². The summed E-state index contributed by atoms with van der Waals surface area (Å²) < 4.78 is 0. The Kier molecular flexibility index (Phi) is 1.60. The molecule has 11 heavy (non-hydrogen) atoms. The fourth-order valence-corrected chi connectivity index (χ4v) is 2.08. The minimum atomic E-state index is 0.193. The molecule has 1 amide bonds. The molecule has 2 fully saturated rings. The number of nitrogens with one attached hydrogen (secondary N) is 1. The molecule has 0 bridgehead atoms. The van der Waals surface area contributed by atoms with Gasteiger partial charge in [-0.2, -0.15) is 0 Å². The van der Waals surface area contributed by atoms with E-state index in [2.05, 4.69) is 17.1 Å². The van der Waals surface area contributed by atoms with E-state index in [1.807, 2.05) is 0 Å². The first-order valence-electron chi connectivity index (χ1n) is 4.32. The lowest BCUT2D eigenvalue weighted by Gasteiger charge is -2.34. The standard InChI is InChI=1S/C8H14N2O/c1-6-5-9-8(11)7-3-2-4-10(6)7/h6-7H,2-5H2,1H3,(H,9,11). The summed E-state index contributed by atoms with van der Waals surface area (Å²) in [6, 6.07) is 0.735. The molecule has 0 spiro atoms. The van der Waals surface area contributed by atoms with Crippen LogP contribution in [0.4, 0.5) is 0 Å². The molecule has 3 nitrogen and oxygen atoms in total. The maximum absolute atomic E-state index is 11.3. The maximum atomic E-state index is 11.3. The largest absolute Gasteiger partial charge is 0.353 e. The van der Waals surface area contributed by atoms with E-state index in [9.17, 15) is 4.79 Å². The van der Waals surface area contributed by atoms with Crippen LogP contribution in [0, 0.1) is 0 Å². The fourth-order valence-electron chi connectivity index (χ4n) is 2.08. The summed E-state index contributed by atoms with van der Waals surface area (Å²) in [5.74, 6) is 0.237. The van der Waals surface area contributed by atoms with Gasteiger partial charge in [-0.3, -0.25) is 9.69 Å². The first-order chi connectivity index (χ1) is 5.29. The molecule has 1 N–H and O–H groups in total. The van der Waals surface area contributed by atoms with Gasteiger partial charge < -0.3 is 5.32 Å². The maximum Gasteiger partial charge on any atom is 0.237 e. The van der Waals surface area contributed by atoms with Crippen molar-refractivity contribution in [2.75, 3.05) is 13.1 Å². The highest BCUT2D eigenvalue weighted by Crippen LogP contribution is 2.22. The molecule has 62 valence electrons. The molecule has 2 heterocycles. The Morgan fingerprint density at radius 3 is 3.18 bits per heavy atom. The van der Waals surface area contributed by atoms with E-state index in [1.54, 1.807) is 0 Å². The second kappa shape index (κ2) is 2.48. The molecule has 2 unspecified atom stereocenters. The third-order valence-corrected chi connectivity index (χ3v) is 2.73. The fraction of sp³-hybridized carbons (Fsp3) is 0.875. The Morgan fingerprint density at radius 1 is 1.64 bits per heavy atom. The van der Waals surface area contributed by atoms with Gasteiger partial charge in [-0.25, -0.2) is 0 Å². The molecule has 0 aromatic heterocycles. The normalized spacial score (nSPS) is 38.5. The quantitative estimate of drug-likeness (QED) is 0.531. The molecule has 0 aromatic carbocycles. The van der Waals surface area contributed by atoms with E-state index in [-0.39, 0.29) is 11.9 Å². The van der Waals surface area contributed by atoms with Crippen LogP contribution in [0.2, 0.25) is 0 Å². The topological polar surface area (TPSA) is 32.3 Å². The van der Waals surface area contributed by atoms with Crippen molar-refractivity contribution in [2.45, 2.75) is 31.8 Å². The van der Waals surface area contributed by atoms with Crippen molar-refractivity contribution in [1.82, 2.24) is 10.2 Å². The molecule has 2 atom stereocenters. The summed E-state index contributed by atoms with van der Waals surface area (Å²) in [5.41, 5.74) is 0. The highest BCUT2D eigenvalue weighted by Gasteiger charge is 2.36. The Bertz CT molecular complexity index is 181. The minimum absolute atomic E-state index is 0.193. The van der Waals surface area contributed by atoms with Crippen LogP contribution in [-0.2, 0) is 4.79 Å². The summed E-state index contributed by atoms with van der Waals surface area (Å²) in [6.45, 7) is 4.12. The smallest absolute Gasteiger partial charge is 0.237 e. The van der Waals surface area contributed by atoms with Gasteiger partial charge in [0.05, 0.1) is 6.04 Å². The first-order valence-corrected chi connectivity index (χ1v) is 4.32. The van der Waals surface area contributed by atoms with Crippen LogP contribution in [0.1, 0.15) is 19.8 Å². The Morgan fingerprint density at radius 2 is 2.45 bits per heavy atom. The van der Waals surface area contributed by atoms with Crippen LogP contribution in [0.5, 0.6) is 0 Å². The molecule has 2 aliphatic heterocycles. The zero-order valence-corrected chi connectivity index (χ0v) is 6.84. The number of hydrogen-bond acceptors (Lipinski definition) is 2. The van der Waals surface area contributed by atoms with E-state index in [1.165, 1.54) is 6.42 Å². The number of nitrogens with zero attached hydrogens (tertiary/aromatic N) is 1. The number of carbonyl (C=O) groups excluding carboxylic acids is 1. The second-order valence-corrected chi connectivity index (χ2v) is 3.49. The van der Waals surface area contributed by atoms with Gasteiger partial charge in [-0.1, -0.05) is 0 Å². The molecule has 0 aromatic rings. The predicted octanol–water partition coefficient (Wildman–Crippen LogP) is -0.0309. The van der Waals surface area contributed by atoms with Crippen LogP contribution in [-0.4, -0.2) is 36.0 Å². The monoisotopic (exact) mass is 154 g/mol. The van der Waals surface area contributed by atoms with Crippen molar-refractivity contribution in [3.05, 3.63) is 0 Å². The molecule has 2 rings (SSSR count). The number of fused-ring (bicyclic) bond motifs is 1. The van der Waals surface area contributed by atoms with Gasteiger partial charge in [0.2, 0.25) is 5.91 Å². The molecule has 2 aliphatic rings. The number of carbonyl (C=O) groups is 1. The summed E-state index contributed by atoms with van der Waals surface area (Å²) in [5, 5.41) is 2.92. The predicted molar refractivity (Wildman–Crippen MR) is 42.2 cm³/mol. The van der Waals surface area contributed by atoms with Crippen LogP contribution < -0.4 is 5.32 Å². The lowest BCUT2D eigenvalue weighted by molar-refractivity contribution is -0.129. The summed E-state index contributed by atoms with van der Waals surface area (Å²) in [7, 11) is 0. The minimum Gasteiger partial charge on any atom is -0.353 e. The van der Waals surface area contributed by atoms with E-state index < -0.39 is 0 Å². The second-order valence-electron chi connectivity index (χ2n) is 3.49. The highest BCUT2D eigenvalue weighted by atomic mass is 16.2. The molecular formula is C8H14N2O. The molecule has 2 saturated heterocycles. The number of piperazine rings is 1. The van der Waals surface area contributed by atoms with Gasteiger partial charge in [0.15, 0.2) is 0 Å². The Balaban J connectivity index is 2.14. The van der Waals surface area contributed by atoms with Crippen LogP contribution in [0.3, 0.4) is 0 Å². The van der Waals surface area contributed by atoms with Crippen LogP contribution in [0.15, 0.2) is 0 Å². The van der Waals surface area contributed by atoms with Gasteiger partial charge in [-0.15, -0.1) is 0 Å². The Hall–Kier alpha value is -0.570. The first kappa shape index (κ1) is 7.10. The summed E-state index contributed by atoms with van der Waals surface area (Å²) >= 11 is 0. The SMILES string of the molecule is CC1CNC(=O)C2CCCN12. The van der Waals surface area contributed by atoms with Crippen molar-refractivity contribution < 1.29 is 4.79 Å². The Labute approximate surface area is 66.8 Å². The highest BCUT2D eigenvalue weighted by molar-refractivity contribution is 5.82. The van der Waals surface area contributed by atoms with Crippen molar-refractivity contribution in [3.8, 4) is 0 Å². The van der Waals surface area contributed by atoms with Crippen LogP contribution in [0.25, 0.3) is 0 Å². The molecule has 0 radical (unpaired) electrons. The summed E-state index contributed by atoms with van der Waals surface area (Å²) in [6.07, 6.45) is 2.23. The average Bonchev–Trinajstić information content (AvgIpc) is 2.45. The zero-order chi connectivity index (χ0) is 7.84. The van der Waals surface area contributed by atoms with E-state index >= 15 is 0 Å². The van der Waals surface area contributed by atoms with E-state index in [4.69, 9.17) is 0 Å². The molecule has 0 saturated carbocycles. The molecular weight excluding hydrogens is 140 g/mol. The number of rotatable bonds is 0. The van der Waals surface area contributed by atoms with Crippen molar-refractivity contribution in [3.63, 3.8) is 0 Å². The zero-order valence-electron chi connectivity index (χ0n) is 6.84. The third kappa shape index (κ3) is 1.03. The molecule has 3 heteroatoms. The average molecular weight is 154 g/mol. The van der Waals surface area contributed by atoms with Gasteiger partial charge in [-0.05, 0) is 26.3 Å². The van der Waals surface area contributed by atoms with Crippen molar-refractivity contribution >= 4 is 5.91 Å². The lowest BCUT2D eigenvalue weighted by Crippen LogP contribution is -2.56. The van der Waals surface area contributed by atoms with Crippen molar-refractivity contribution in [1.29, 1.82) is 0 Å². The molecule has 0 aliphatic carbocycles. The number of amides is 1. The van der Waals surface area contributed by atoms with Gasteiger partial charge in [0, 0.05) is 12.6 Å². The lowest BCUT2D eigenvalue weighted by atomic mass is 10.1. The van der Waals surface area contributed by atoms with Gasteiger partial charge >= 0.3 is 0 Å².